The molecule has 0 radical (unpaired) electrons. The minimum absolute atomic E-state index is 0.0110. The molecular formula is C21H22N2O2. The number of carbonyl (C=O) groups excluding carboxylic acids is 2. The average molecular weight is 334 g/mol. The second kappa shape index (κ2) is 5.84. The summed E-state index contributed by atoms with van der Waals surface area (Å²) in [5, 5.41) is 0. The lowest BCUT2D eigenvalue weighted by Gasteiger charge is -2.37. The van der Waals surface area contributed by atoms with Crippen LogP contribution in [0.15, 0.2) is 17.7 Å². The Morgan fingerprint density at radius 3 is 2.60 bits per heavy atom. The van der Waals surface area contributed by atoms with E-state index in [2.05, 4.69) is 15.8 Å². The van der Waals surface area contributed by atoms with Gasteiger partial charge in [0, 0.05) is 25.9 Å². The normalized spacial score (nSPS) is 21.1. The van der Waals surface area contributed by atoms with Crippen molar-refractivity contribution in [3.63, 3.8) is 0 Å². The maximum Gasteiger partial charge on any atom is 0.180 e. The second-order valence-electron chi connectivity index (χ2n) is 7.44. The number of fused-ring (bicyclic) bond motifs is 1. The van der Waals surface area contributed by atoms with Gasteiger partial charge in [-0.15, -0.1) is 6.42 Å². The van der Waals surface area contributed by atoms with Crippen LogP contribution in [0.1, 0.15) is 60.8 Å². The molecule has 2 aliphatic carbocycles. The van der Waals surface area contributed by atoms with Crippen LogP contribution in [0.25, 0.3) is 5.70 Å². The highest BCUT2D eigenvalue weighted by Crippen LogP contribution is 2.54. The van der Waals surface area contributed by atoms with E-state index in [4.69, 9.17) is 6.42 Å². The van der Waals surface area contributed by atoms with E-state index in [1.807, 2.05) is 13.0 Å². The fourth-order valence-corrected chi connectivity index (χ4v) is 4.02. The average Bonchev–Trinajstić information content (AvgIpc) is 3.39. The lowest BCUT2D eigenvalue weighted by Crippen LogP contribution is -2.36. The third-order valence-corrected chi connectivity index (χ3v) is 5.92. The molecule has 1 spiro atoms. The number of piperidine rings is 1. The Balaban J connectivity index is 1.78. The summed E-state index contributed by atoms with van der Waals surface area (Å²) in [6.07, 6.45) is 11.3. The fraction of sp³-hybridized carbons (Fsp3) is 0.476. The molecule has 128 valence electrons. The molecule has 0 bridgehead atoms. The highest BCUT2D eigenvalue weighted by Gasteiger charge is 2.45. The molecule has 4 heteroatoms. The topological polar surface area (TPSA) is 50.3 Å². The monoisotopic (exact) mass is 334 g/mol. The summed E-state index contributed by atoms with van der Waals surface area (Å²) in [6, 6.07) is 3.59. The van der Waals surface area contributed by atoms with Crippen molar-refractivity contribution in [2.75, 3.05) is 13.1 Å². The first-order valence-electron chi connectivity index (χ1n) is 9.09. The van der Waals surface area contributed by atoms with Gasteiger partial charge in [-0.05, 0) is 42.7 Å². The Hall–Kier alpha value is -2.41. The fourth-order valence-electron chi connectivity index (χ4n) is 4.02. The van der Waals surface area contributed by atoms with Crippen molar-refractivity contribution in [1.29, 1.82) is 0 Å². The maximum absolute atomic E-state index is 12.5. The molecule has 3 aliphatic rings. The van der Waals surface area contributed by atoms with Crippen molar-refractivity contribution >= 4 is 17.3 Å². The molecule has 4 rings (SSSR count). The first-order chi connectivity index (χ1) is 12.1. The lowest BCUT2D eigenvalue weighted by atomic mass is 9.88. The number of aromatic nitrogens is 1. The quantitative estimate of drug-likeness (QED) is 0.630. The summed E-state index contributed by atoms with van der Waals surface area (Å²) < 4.78 is 0. The predicted molar refractivity (Wildman–Crippen MR) is 95.8 cm³/mol. The first-order valence-corrected chi connectivity index (χ1v) is 9.09. The van der Waals surface area contributed by atoms with Gasteiger partial charge < -0.3 is 4.90 Å². The van der Waals surface area contributed by atoms with E-state index < -0.39 is 0 Å². The standard InChI is InChI=1S/C21H22N2O2/c1-3-15-18(25)13-14-5-6-16(17(24)4-2)22-19(14)20(15)23-11-9-21(7-8-21)10-12-23/h1,5-6H,4,7-13H2,2H3. The number of Topliss-reactive ketones (excluding diaryl/α,β-unsaturated/α-hetero) is 2. The van der Waals surface area contributed by atoms with Gasteiger partial charge in [-0.25, -0.2) is 4.98 Å². The number of hydrogen-bond acceptors (Lipinski definition) is 4. The molecule has 0 aromatic carbocycles. The van der Waals surface area contributed by atoms with Gasteiger partial charge in [0.15, 0.2) is 11.6 Å². The number of hydrogen-bond donors (Lipinski definition) is 0. The van der Waals surface area contributed by atoms with E-state index in [0.29, 0.717) is 23.1 Å². The van der Waals surface area contributed by atoms with Crippen LogP contribution in [0.4, 0.5) is 0 Å². The van der Waals surface area contributed by atoms with Crippen LogP contribution in [0.5, 0.6) is 0 Å². The van der Waals surface area contributed by atoms with Gasteiger partial charge in [-0.2, -0.15) is 0 Å². The minimum atomic E-state index is -0.0203. The molecule has 1 aliphatic heterocycles. The number of rotatable bonds is 3. The Bertz CT molecular complexity index is 830. The predicted octanol–water partition coefficient (Wildman–Crippen LogP) is 3.02. The largest absolute Gasteiger partial charge is 0.369 e. The van der Waals surface area contributed by atoms with Gasteiger partial charge in [0.05, 0.1) is 17.0 Å². The molecule has 0 unspecified atom stereocenters. The zero-order valence-electron chi connectivity index (χ0n) is 14.6. The molecule has 0 amide bonds. The van der Waals surface area contributed by atoms with Crippen LogP contribution in [-0.4, -0.2) is 34.5 Å². The van der Waals surface area contributed by atoms with Gasteiger partial charge in [-0.1, -0.05) is 18.9 Å². The molecule has 1 aromatic heterocycles. The number of likely N-dealkylation sites (tertiary alicyclic amines) is 1. The van der Waals surface area contributed by atoms with Crippen LogP contribution < -0.4 is 0 Å². The van der Waals surface area contributed by atoms with Crippen LogP contribution in [0.3, 0.4) is 0 Å². The van der Waals surface area contributed by atoms with Crippen molar-refractivity contribution < 1.29 is 9.59 Å². The number of terminal acetylenes is 1. The lowest BCUT2D eigenvalue weighted by molar-refractivity contribution is -0.114. The second-order valence-corrected chi connectivity index (χ2v) is 7.44. The third-order valence-electron chi connectivity index (χ3n) is 5.92. The Labute approximate surface area is 148 Å². The van der Waals surface area contributed by atoms with E-state index in [1.165, 1.54) is 12.8 Å². The molecule has 1 saturated carbocycles. The zero-order chi connectivity index (χ0) is 17.6. The molecule has 0 N–H and O–H groups in total. The summed E-state index contributed by atoms with van der Waals surface area (Å²) in [7, 11) is 0. The minimum Gasteiger partial charge on any atom is -0.369 e. The number of nitrogens with zero attached hydrogens (tertiary/aromatic N) is 2. The SMILES string of the molecule is C#CC1=C(N2CCC3(CC2)CC3)c2nc(C(=O)CC)ccc2CC1=O. The van der Waals surface area contributed by atoms with Gasteiger partial charge >= 0.3 is 0 Å². The number of pyridine rings is 1. The molecule has 4 nitrogen and oxygen atoms in total. The Kier molecular flexibility index (Phi) is 3.76. The van der Waals surface area contributed by atoms with Gasteiger partial charge in [-0.3, -0.25) is 9.59 Å². The van der Waals surface area contributed by atoms with E-state index in [0.717, 1.165) is 42.9 Å². The Morgan fingerprint density at radius 1 is 1.28 bits per heavy atom. The molecule has 0 atom stereocenters. The molecule has 1 saturated heterocycles. The van der Waals surface area contributed by atoms with E-state index in [1.54, 1.807) is 6.07 Å². The Morgan fingerprint density at radius 2 is 2.00 bits per heavy atom. The van der Waals surface area contributed by atoms with Gasteiger partial charge in [0.2, 0.25) is 0 Å². The van der Waals surface area contributed by atoms with Crippen molar-refractivity contribution in [2.24, 2.45) is 5.41 Å². The van der Waals surface area contributed by atoms with E-state index >= 15 is 0 Å². The molecule has 25 heavy (non-hydrogen) atoms. The van der Waals surface area contributed by atoms with Gasteiger partial charge in [0.1, 0.15) is 5.69 Å². The summed E-state index contributed by atoms with van der Waals surface area (Å²) in [6.45, 7) is 3.64. The summed E-state index contributed by atoms with van der Waals surface area (Å²) in [5.74, 6) is 2.60. The molecular weight excluding hydrogens is 312 g/mol. The number of ketones is 2. The van der Waals surface area contributed by atoms with Crippen LogP contribution in [0, 0.1) is 17.8 Å². The van der Waals surface area contributed by atoms with Gasteiger partial charge in [0.25, 0.3) is 0 Å². The van der Waals surface area contributed by atoms with Crippen molar-refractivity contribution in [2.45, 2.75) is 45.4 Å². The maximum atomic E-state index is 12.5. The van der Waals surface area contributed by atoms with Crippen molar-refractivity contribution in [1.82, 2.24) is 9.88 Å². The third kappa shape index (κ3) is 2.68. The zero-order valence-corrected chi connectivity index (χ0v) is 14.6. The summed E-state index contributed by atoms with van der Waals surface area (Å²) in [4.78, 5) is 31.5. The van der Waals surface area contributed by atoms with Crippen LogP contribution >= 0.6 is 0 Å². The first kappa shape index (κ1) is 16.1. The molecule has 2 heterocycles. The number of carbonyl (C=O) groups is 2. The van der Waals surface area contributed by atoms with Crippen LogP contribution in [-0.2, 0) is 11.2 Å². The summed E-state index contributed by atoms with van der Waals surface area (Å²) in [5.41, 5.74) is 3.81. The highest BCUT2D eigenvalue weighted by molar-refractivity contribution is 6.10. The van der Waals surface area contributed by atoms with Crippen molar-refractivity contribution in [3.8, 4) is 12.3 Å². The van der Waals surface area contributed by atoms with E-state index in [-0.39, 0.29) is 18.0 Å². The van der Waals surface area contributed by atoms with Crippen LogP contribution in [0.2, 0.25) is 0 Å². The number of allylic oxidation sites excluding steroid dienone is 1. The molecule has 1 aromatic rings. The van der Waals surface area contributed by atoms with E-state index in [9.17, 15) is 9.59 Å². The summed E-state index contributed by atoms with van der Waals surface area (Å²) >= 11 is 0. The molecule has 2 fully saturated rings. The highest BCUT2D eigenvalue weighted by atomic mass is 16.1. The smallest absolute Gasteiger partial charge is 0.180 e. The van der Waals surface area contributed by atoms with Crippen molar-refractivity contribution in [3.05, 3.63) is 34.7 Å².